The van der Waals surface area contributed by atoms with Crippen molar-refractivity contribution in [3.63, 3.8) is 0 Å². The molecule has 0 saturated carbocycles. The first-order chi connectivity index (χ1) is 14.8. The number of benzene rings is 2. The summed E-state index contributed by atoms with van der Waals surface area (Å²) < 4.78 is 27.5. The van der Waals surface area contributed by atoms with Gasteiger partial charge in [-0.3, -0.25) is 9.59 Å². The zero-order valence-corrected chi connectivity index (χ0v) is 18.9. The van der Waals surface area contributed by atoms with Gasteiger partial charge in [-0.25, -0.2) is 8.42 Å². The SMILES string of the molecule is CC(=O)NC(CC(=O)Nc1ccc(Cl)c(S(=O)(=O)N2CCCCC2)c1)c1ccccc1. The number of sulfonamides is 1. The molecule has 1 aliphatic rings. The molecule has 0 aromatic heterocycles. The monoisotopic (exact) mass is 463 g/mol. The fourth-order valence-corrected chi connectivity index (χ4v) is 5.62. The van der Waals surface area contributed by atoms with Gasteiger partial charge in [-0.1, -0.05) is 48.4 Å². The van der Waals surface area contributed by atoms with E-state index in [-0.39, 0.29) is 28.2 Å². The van der Waals surface area contributed by atoms with Gasteiger partial charge < -0.3 is 10.6 Å². The summed E-state index contributed by atoms with van der Waals surface area (Å²) in [5.41, 5.74) is 1.14. The summed E-state index contributed by atoms with van der Waals surface area (Å²) in [6, 6.07) is 13.1. The van der Waals surface area contributed by atoms with Gasteiger partial charge in [0.15, 0.2) is 0 Å². The summed E-state index contributed by atoms with van der Waals surface area (Å²) in [4.78, 5) is 24.2. The second-order valence-corrected chi connectivity index (χ2v) is 9.84. The first-order valence-electron chi connectivity index (χ1n) is 10.2. The third kappa shape index (κ3) is 6.06. The fraction of sp³-hybridized carbons (Fsp3) is 0.364. The number of halogens is 1. The molecule has 2 amide bonds. The van der Waals surface area contributed by atoms with Crippen LogP contribution in [0, 0.1) is 0 Å². The van der Waals surface area contributed by atoms with E-state index in [1.54, 1.807) is 6.07 Å². The lowest BCUT2D eigenvalue weighted by Crippen LogP contribution is -2.35. The number of hydrogen-bond donors (Lipinski definition) is 2. The molecule has 7 nitrogen and oxygen atoms in total. The summed E-state index contributed by atoms with van der Waals surface area (Å²) in [6.07, 6.45) is 2.64. The Bertz CT molecular complexity index is 1040. The lowest BCUT2D eigenvalue weighted by atomic mass is 10.0. The molecule has 2 aromatic carbocycles. The molecule has 3 rings (SSSR count). The van der Waals surface area contributed by atoms with E-state index in [0.29, 0.717) is 18.8 Å². The zero-order valence-electron chi connectivity index (χ0n) is 17.3. The first kappa shape index (κ1) is 23.2. The van der Waals surface area contributed by atoms with E-state index in [0.717, 1.165) is 24.8 Å². The van der Waals surface area contributed by atoms with Crippen LogP contribution in [0.25, 0.3) is 0 Å². The smallest absolute Gasteiger partial charge is 0.244 e. The van der Waals surface area contributed by atoms with Gasteiger partial charge in [0.05, 0.1) is 17.5 Å². The quantitative estimate of drug-likeness (QED) is 0.654. The highest BCUT2D eigenvalue weighted by molar-refractivity contribution is 7.89. The van der Waals surface area contributed by atoms with Crippen molar-refractivity contribution in [2.45, 2.75) is 43.5 Å². The predicted molar refractivity (Wildman–Crippen MR) is 120 cm³/mol. The van der Waals surface area contributed by atoms with Crippen LogP contribution >= 0.6 is 11.6 Å². The van der Waals surface area contributed by atoms with Crippen LogP contribution in [0.15, 0.2) is 53.4 Å². The van der Waals surface area contributed by atoms with Crippen molar-refractivity contribution in [3.05, 3.63) is 59.1 Å². The number of carbonyl (C=O) groups excluding carboxylic acids is 2. The minimum absolute atomic E-state index is 0.000425. The van der Waals surface area contributed by atoms with Crippen molar-refractivity contribution in [2.75, 3.05) is 18.4 Å². The zero-order chi connectivity index (χ0) is 22.4. The van der Waals surface area contributed by atoms with Crippen molar-refractivity contribution in [1.29, 1.82) is 0 Å². The molecule has 0 bridgehead atoms. The molecule has 1 aliphatic heterocycles. The number of hydrogen-bond acceptors (Lipinski definition) is 4. The van der Waals surface area contributed by atoms with E-state index in [1.807, 2.05) is 30.3 Å². The molecule has 1 saturated heterocycles. The summed E-state index contributed by atoms with van der Waals surface area (Å²) in [5, 5.41) is 5.62. The molecule has 0 radical (unpaired) electrons. The Kier molecular flexibility index (Phi) is 7.69. The number of nitrogens with one attached hydrogen (secondary N) is 2. The minimum Gasteiger partial charge on any atom is -0.349 e. The van der Waals surface area contributed by atoms with Crippen molar-refractivity contribution in [2.24, 2.45) is 0 Å². The van der Waals surface area contributed by atoms with Gasteiger partial charge in [0, 0.05) is 25.7 Å². The van der Waals surface area contributed by atoms with Crippen LogP contribution in [0.2, 0.25) is 5.02 Å². The van der Waals surface area contributed by atoms with E-state index in [9.17, 15) is 18.0 Å². The summed E-state index contributed by atoms with van der Waals surface area (Å²) in [5.74, 6) is -0.602. The maximum atomic E-state index is 13.0. The highest BCUT2D eigenvalue weighted by Gasteiger charge is 2.28. The van der Waals surface area contributed by atoms with Crippen LogP contribution in [-0.2, 0) is 19.6 Å². The van der Waals surface area contributed by atoms with Crippen molar-refractivity contribution >= 4 is 39.1 Å². The Morgan fingerprint density at radius 2 is 1.74 bits per heavy atom. The highest BCUT2D eigenvalue weighted by atomic mass is 35.5. The Morgan fingerprint density at radius 3 is 2.39 bits per heavy atom. The average molecular weight is 464 g/mol. The fourth-order valence-electron chi connectivity index (χ4n) is 3.60. The molecular weight excluding hydrogens is 438 g/mol. The predicted octanol–water partition coefficient (Wildman–Crippen LogP) is 3.72. The molecule has 1 unspecified atom stereocenters. The number of piperidine rings is 1. The molecule has 1 atom stereocenters. The second-order valence-electron chi connectivity index (χ2n) is 7.53. The molecule has 2 aromatic rings. The number of anilines is 1. The van der Waals surface area contributed by atoms with Crippen LogP contribution in [-0.4, -0.2) is 37.6 Å². The first-order valence-corrected chi connectivity index (χ1v) is 12.0. The molecular formula is C22H26ClN3O4S. The van der Waals surface area contributed by atoms with E-state index in [1.165, 1.54) is 23.4 Å². The minimum atomic E-state index is -3.74. The lowest BCUT2D eigenvalue weighted by molar-refractivity contribution is -0.120. The summed E-state index contributed by atoms with van der Waals surface area (Å²) >= 11 is 6.19. The van der Waals surface area contributed by atoms with Gasteiger partial charge in [-0.2, -0.15) is 4.31 Å². The number of nitrogens with zero attached hydrogens (tertiary/aromatic N) is 1. The molecule has 2 N–H and O–H groups in total. The molecule has 166 valence electrons. The highest BCUT2D eigenvalue weighted by Crippen LogP contribution is 2.29. The van der Waals surface area contributed by atoms with E-state index in [2.05, 4.69) is 10.6 Å². The van der Waals surface area contributed by atoms with Crippen molar-refractivity contribution in [1.82, 2.24) is 9.62 Å². The van der Waals surface area contributed by atoms with Gasteiger partial charge in [0.2, 0.25) is 21.8 Å². The average Bonchev–Trinajstić information content (AvgIpc) is 2.75. The summed E-state index contributed by atoms with van der Waals surface area (Å²) in [7, 11) is -3.74. The Hall–Kier alpha value is -2.42. The summed E-state index contributed by atoms with van der Waals surface area (Å²) in [6.45, 7) is 2.32. The Labute approximate surface area is 187 Å². The molecule has 1 fully saturated rings. The standard InChI is InChI=1S/C22H26ClN3O4S/c1-16(27)24-20(17-8-4-2-5-9-17)15-22(28)25-18-10-11-19(23)21(14-18)31(29,30)26-12-6-3-7-13-26/h2,4-5,8-11,14,20H,3,6-7,12-13,15H2,1H3,(H,24,27)(H,25,28). The molecule has 9 heteroatoms. The topological polar surface area (TPSA) is 95.6 Å². The Balaban J connectivity index is 1.76. The van der Waals surface area contributed by atoms with Crippen LogP contribution in [0.3, 0.4) is 0 Å². The maximum Gasteiger partial charge on any atom is 0.244 e. The van der Waals surface area contributed by atoms with Gasteiger partial charge in [-0.05, 0) is 36.6 Å². The number of rotatable bonds is 7. The third-order valence-corrected chi connectivity index (χ3v) is 7.50. The number of amides is 2. The molecule has 0 aliphatic carbocycles. The second kappa shape index (κ2) is 10.3. The van der Waals surface area contributed by atoms with E-state index < -0.39 is 16.1 Å². The third-order valence-electron chi connectivity index (χ3n) is 5.12. The van der Waals surface area contributed by atoms with Gasteiger partial charge in [0.25, 0.3) is 0 Å². The van der Waals surface area contributed by atoms with Crippen LogP contribution in [0.1, 0.15) is 44.2 Å². The molecule has 0 spiro atoms. The maximum absolute atomic E-state index is 13.0. The van der Waals surface area contributed by atoms with Crippen LogP contribution in [0.4, 0.5) is 5.69 Å². The van der Waals surface area contributed by atoms with Crippen LogP contribution in [0.5, 0.6) is 0 Å². The number of carbonyl (C=O) groups is 2. The van der Waals surface area contributed by atoms with E-state index in [4.69, 9.17) is 11.6 Å². The Morgan fingerprint density at radius 1 is 1.06 bits per heavy atom. The van der Waals surface area contributed by atoms with Gasteiger partial charge >= 0.3 is 0 Å². The largest absolute Gasteiger partial charge is 0.349 e. The normalized spacial score (nSPS) is 15.8. The van der Waals surface area contributed by atoms with Gasteiger partial charge in [-0.15, -0.1) is 0 Å². The van der Waals surface area contributed by atoms with Crippen molar-refractivity contribution in [3.8, 4) is 0 Å². The lowest BCUT2D eigenvalue weighted by Gasteiger charge is -2.26. The molecule has 31 heavy (non-hydrogen) atoms. The van der Waals surface area contributed by atoms with Crippen LogP contribution < -0.4 is 10.6 Å². The van der Waals surface area contributed by atoms with E-state index >= 15 is 0 Å². The van der Waals surface area contributed by atoms with Crippen molar-refractivity contribution < 1.29 is 18.0 Å². The van der Waals surface area contributed by atoms with Gasteiger partial charge in [0.1, 0.15) is 4.90 Å². The molecule has 1 heterocycles.